The van der Waals surface area contributed by atoms with E-state index in [1.807, 2.05) is 0 Å². The van der Waals surface area contributed by atoms with Gasteiger partial charge in [0.05, 0.1) is 10.2 Å². The molecule has 0 radical (unpaired) electrons. The van der Waals surface area contributed by atoms with Gasteiger partial charge in [0, 0.05) is 6.54 Å². The number of fused-ring (bicyclic) bond motifs is 1. The summed E-state index contributed by atoms with van der Waals surface area (Å²) in [6.45, 7) is 0.665. The van der Waals surface area contributed by atoms with Gasteiger partial charge in [-0.1, -0.05) is 17.4 Å². The molecule has 3 rings (SSSR count). The SMILES string of the molecule is O=C(O)C1CCCN1c1nc2cccc(F)c2s1. The van der Waals surface area contributed by atoms with Crippen molar-refractivity contribution in [2.75, 3.05) is 11.4 Å². The number of nitrogens with zero attached hydrogens (tertiary/aromatic N) is 2. The third-order valence-corrected chi connectivity index (χ3v) is 4.26. The summed E-state index contributed by atoms with van der Waals surface area (Å²) in [6, 6.07) is 4.21. The molecule has 1 aromatic carbocycles. The largest absolute Gasteiger partial charge is 0.480 e. The van der Waals surface area contributed by atoms with Crippen molar-refractivity contribution < 1.29 is 14.3 Å². The molecule has 0 aliphatic carbocycles. The van der Waals surface area contributed by atoms with Crippen molar-refractivity contribution in [3.05, 3.63) is 24.0 Å². The van der Waals surface area contributed by atoms with E-state index in [-0.39, 0.29) is 5.82 Å². The molecule has 2 aromatic rings. The van der Waals surface area contributed by atoms with Gasteiger partial charge >= 0.3 is 5.97 Å². The predicted molar refractivity (Wildman–Crippen MR) is 67.6 cm³/mol. The van der Waals surface area contributed by atoms with Crippen LogP contribution in [-0.4, -0.2) is 28.6 Å². The zero-order valence-electron chi connectivity index (χ0n) is 9.47. The molecule has 0 bridgehead atoms. The first kappa shape index (κ1) is 11.4. The summed E-state index contributed by atoms with van der Waals surface area (Å²) in [7, 11) is 0. The zero-order chi connectivity index (χ0) is 12.7. The summed E-state index contributed by atoms with van der Waals surface area (Å²) in [5, 5.41) is 9.73. The number of hydrogen-bond donors (Lipinski definition) is 1. The lowest BCUT2D eigenvalue weighted by Crippen LogP contribution is -2.35. The highest BCUT2D eigenvalue weighted by atomic mass is 32.1. The Bertz CT molecular complexity index is 613. The molecule has 18 heavy (non-hydrogen) atoms. The van der Waals surface area contributed by atoms with E-state index in [1.165, 1.54) is 17.4 Å². The third kappa shape index (κ3) is 1.73. The number of carboxylic acid groups (broad SMARTS) is 1. The van der Waals surface area contributed by atoms with Gasteiger partial charge in [0.2, 0.25) is 0 Å². The minimum absolute atomic E-state index is 0.303. The van der Waals surface area contributed by atoms with E-state index in [9.17, 15) is 9.18 Å². The Hall–Kier alpha value is -1.69. The number of hydrogen-bond acceptors (Lipinski definition) is 4. The highest BCUT2D eigenvalue weighted by molar-refractivity contribution is 7.22. The van der Waals surface area contributed by atoms with Crippen LogP contribution in [0.2, 0.25) is 0 Å². The first-order chi connectivity index (χ1) is 8.66. The maximum absolute atomic E-state index is 13.6. The second-order valence-corrected chi connectivity index (χ2v) is 5.25. The molecular weight excluding hydrogens is 255 g/mol. The molecule has 1 fully saturated rings. The summed E-state index contributed by atoms with van der Waals surface area (Å²) in [4.78, 5) is 17.2. The van der Waals surface area contributed by atoms with Crippen LogP contribution in [-0.2, 0) is 4.79 Å². The van der Waals surface area contributed by atoms with Gasteiger partial charge in [-0.25, -0.2) is 14.2 Å². The van der Waals surface area contributed by atoms with Crippen LogP contribution in [0.25, 0.3) is 10.2 Å². The molecule has 1 aromatic heterocycles. The van der Waals surface area contributed by atoms with Crippen LogP contribution in [0.15, 0.2) is 18.2 Å². The molecule has 6 heteroatoms. The number of carbonyl (C=O) groups is 1. The smallest absolute Gasteiger partial charge is 0.326 e. The first-order valence-electron chi connectivity index (χ1n) is 5.71. The Labute approximate surface area is 107 Å². The molecule has 1 N–H and O–H groups in total. The monoisotopic (exact) mass is 266 g/mol. The highest BCUT2D eigenvalue weighted by Crippen LogP contribution is 2.34. The van der Waals surface area contributed by atoms with E-state index in [1.54, 1.807) is 17.0 Å². The Morgan fingerprint density at radius 3 is 3.11 bits per heavy atom. The molecular formula is C12H11FN2O2S. The van der Waals surface area contributed by atoms with Crippen LogP contribution in [0.3, 0.4) is 0 Å². The molecule has 0 spiro atoms. The zero-order valence-corrected chi connectivity index (χ0v) is 10.3. The third-order valence-electron chi connectivity index (χ3n) is 3.14. The van der Waals surface area contributed by atoms with Crippen molar-refractivity contribution in [3.63, 3.8) is 0 Å². The average molecular weight is 266 g/mol. The van der Waals surface area contributed by atoms with Crippen molar-refractivity contribution in [1.29, 1.82) is 0 Å². The fourth-order valence-corrected chi connectivity index (χ4v) is 3.33. The number of aliphatic carboxylic acids is 1. The lowest BCUT2D eigenvalue weighted by Gasteiger charge is -2.19. The summed E-state index contributed by atoms with van der Waals surface area (Å²) in [5.41, 5.74) is 0.589. The second-order valence-electron chi connectivity index (χ2n) is 4.27. The number of thiazole rings is 1. The van der Waals surface area contributed by atoms with Gasteiger partial charge in [-0.15, -0.1) is 0 Å². The molecule has 94 valence electrons. The second kappa shape index (κ2) is 4.20. The van der Waals surface area contributed by atoms with E-state index >= 15 is 0 Å². The number of anilines is 1. The molecule has 1 aliphatic heterocycles. The van der Waals surface area contributed by atoms with Crippen LogP contribution >= 0.6 is 11.3 Å². The molecule has 1 aliphatic rings. The average Bonchev–Trinajstić information content (AvgIpc) is 2.95. The van der Waals surface area contributed by atoms with Gasteiger partial charge in [0.1, 0.15) is 11.9 Å². The summed E-state index contributed by atoms with van der Waals surface area (Å²) >= 11 is 1.22. The van der Waals surface area contributed by atoms with Crippen LogP contribution in [0, 0.1) is 5.82 Å². The Balaban J connectivity index is 2.04. The number of benzene rings is 1. The topological polar surface area (TPSA) is 53.4 Å². The Morgan fingerprint density at radius 1 is 1.56 bits per heavy atom. The molecule has 4 nitrogen and oxygen atoms in total. The van der Waals surface area contributed by atoms with E-state index in [4.69, 9.17) is 5.11 Å². The van der Waals surface area contributed by atoms with Crippen LogP contribution in [0.5, 0.6) is 0 Å². The van der Waals surface area contributed by atoms with Crippen molar-refractivity contribution in [3.8, 4) is 0 Å². The van der Waals surface area contributed by atoms with Crippen molar-refractivity contribution in [2.24, 2.45) is 0 Å². The van der Waals surface area contributed by atoms with Gasteiger partial charge in [-0.05, 0) is 25.0 Å². The molecule has 2 heterocycles. The van der Waals surface area contributed by atoms with Gasteiger partial charge in [-0.3, -0.25) is 0 Å². The molecule has 1 unspecified atom stereocenters. The Kier molecular flexibility index (Phi) is 2.66. The summed E-state index contributed by atoms with van der Waals surface area (Å²) in [5.74, 6) is -1.14. The molecule has 1 atom stereocenters. The minimum Gasteiger partial charge on any atom is -0.480 e. The van der Waals surface area contributed by atoms with Gasteiger partial charge in [0.25, 0.3) is 0 Å². The number of halogens is 1. The van der Waals surface area contributed by atoms with Gasteiger partial charge in [-0.2, -0.15) is 0 Å². The molecule has 0 amide bonds. The summed E-state index contributed by atoms with van der Waals surface area (Å²) in [6.07, 6.45) is 1.45. The highest BCUT2D eigenvalue weighted by Gasteiger charge is 2.32. The van der Waals surface area contributed by atoms with E-state index in [2.05, 4.69) is 4.98 Å². The Morgan fingerprint density at radius 2 is 2.39 bits per heavy atom. The normalized spacial score (nSPS) is 19.6. The number of rotatable bonds is 2. The maximum Gasteiger partial charge on any atom is 0.326 e. The fraction of sp³-hybridized carbons (Fsp3) is 0.333. The van der Waals surface area contributed by atoms with E-state index < -0.39 is 12.0 Å². The van der Waals surface area contributed by atoms with Crippen LogP contribution in [0.1, 0.15) is 12.8 Å². The lowest BCUT2D eigenvalue weighted by molar-refractivity contribution is -0.138. The van der Waals surface area contributed by atoms with Crippen molar-refractivity contribution >= 4 is 32.7 Å². The van der Waals surface area contributed by atoms with Crippen LogP contribution in [0.4, 0.5) is 9.52 Å². The van der Waals surface area contributed by atoms with E-state index in [0.717, 1.165) is 6.42 Å². The maximum atomic E-state index is 13.6. The first-order valence-corrected chi connectivity index (χ1v) is 6.53. The quantitative estimate of drug-likeness (QED) is 0.907. The molecule has 0 saturated carbocycles. The van der Waals surface area contributed by atoms with Gasteiger partial charge < -0.3 is 10.0 Å². The lowest BCUT2D eigenvalue weighted by atomic mass is 10.2. The van der Waals surface area contributed by atoms with E-state index in [0.29, 0.717) is 28.3 Å². The predicted octanol–water partition coefficient (Wildman–Crippen LogP) is 2.49. The van der Waals surface area contributed by atoms with Crippen molar-refractivity contribution in [1.82, 2.24) is 4.98 Å². The fourth-order valence-electron chi connectivity index (χ4n) is 2.28. The summed E-state index contributed by atoms with van der Waals surface area (Å²) < 4.78 is 14.1. The minimum atomic E-state index is -0.841. The van der Waals surface area contributed by atoms with Crippen LogP contribution < -0.4 is 4.90 Å². The standard InChI is InChI=1S/C12H11FN2O2S/c13-7-3-1-4-8-10(7)18-12(14-8)15-6-2-5-9(15)11(16)17/h1,3-4,9H,2,5-6H2,(H,16,17). The van der Waals surface area contributed by atoms with Crippen molar-refractivity contribution in [2.45, 2.75) is 18.9 Å². The van der Waals surface area contributed by atoms with Gasteiger partial charge in [0.15, 0.2) is 5.13 Å². The number of aromatic nitrogens is 1. The molecule has 1 saturated heterocycles. The number of carboxylic acids is 1.